The van der Waals surface area contributed by atoms with Gasteiger partial charge in [-0.05, 0) is 31.2 Å². The summed E-state index contributed by atoms with van der Waals surface area (Å²) in [5, 5.41) is 7.23. The third kappa shape index (κ3) is 4.03. The first-order valence-electron chi connectivity index (χ1n) is 9.29. The molecule has 2 aromatic carbocycles. The van der Waals surface area contributed by atoms with Crippen molar-refractivity contribution < 1.29 is 14.3 Å². The topological polar surface area (TPSA) is 102 Å². The molecule has 0 spiro atoms. The lowest BCUT2D eigenvalue weighted by molar-refractivity contribution is 0.102. The Bertz CT molecular complexity index is 1360. The van der Waals surface area contributed by atoms with Gasteiger partial charge in [-0.15, -0.1) is 11.3 Å². The van der Waals surface area contributed by atoms with Crippen LogP contribution in [-0.4, -0.2) is 28.3 Å². The van der Waals surface area contributed by atoms with Gasteiger partial charge >= 0.3 is 0 Å². The second-order valence-electron chi connectivity index (χ2n) is 6.66. The van der Waals surface area contributed by atoms with Crippen LogP contribution in [0.4, 0.5) is 11.4 Å². The van der Waals surface area contributed by atoms with E-state index < -0.39 is 17.4 Å². The summed E-state index contributed by atoms with van der Waals surface area (Å²) in [4.78, 5) is 43.1. The van der Waals surface area contributed by atoms with Crippen LogP contribution in [0.1, 0.15) is 26.4 Å². The number of thiazole rings is 1. The summed E-state index contributed by atoms with van der Waals surface area (Å²) in [6.45, 7) is 1.77. The fourth-order valence-corrected chi connectivity index (χ4v) is 3.89. The molecular weight excluding hydrogens is 416 g/mol. The summed E-state index contributed by atoms with van der Waals surface area (Å²) in [5.41, 5.74) is 1.21. The Morgan fingerprint density at radius 3 is 2.61 bits per heavy atom. The Kier molecular flexibility index (Phi) is 5.50. The molecule has 2 aromatic heterocycles. The average molecular weight is 434 g/mol. The number of aryl methyl sites for hydroxylation is 1. The summed E-state index contributed by atoms with van der Waals surface area (Å²) in [7, 11) is 1.54. The van der Waals surface area contributed by atoms with Crippen molar-refractivity contribution in [2.75, 3.05) is 17.7 Å². The van der Waals surface area contributed by atoms with Gasteiger partial charge in [0.05, 0.1) is 18.4 Å². The second-order valence-corrected chi connectivity index (χ2v) is 7.49. The first-order chi connectivity index (χ1) is 15.0. The van der Waals surface area contributed by atoms with Gasteiger partial charge in [0.15, 0.2) is 4.96 Å². The predicted molar refractivity (Wildman–Crippen MR) is 119 cm³/mol. The molecule has 2 N–H and O–H groups in total. The number of amides is 2. The molecule has 0 aliphatic carbocycles. The van der Waals surface area contributed by atoms with Gasteiger partial charge in [-0.2, -0.15) is 0 Å². The van der Waals surface area contributed by atoms with E-state index in [0.29, 0.717) is 22.1 Å². The summed E-state index contributed by atoms with van der Waals surface area (Å²) >= 11 is 1.32. The molecule has 0 aliphatic heterocycles. The lowest BCUT2D eigenvalue weighted by Crippen LogP contribution is -2.27. The third-order valence-corrected chi connectivity index (χ3v) is 5.57. The van der Waals surface area contributed by atoms with E-state index in [0.717, 1.165) is 0 Å². The highest BCUT2D eigenvalue weighted by Gasteiger charge is 2.18. The number of carbonyl (C=O) groups excluding carboxylic acids is 2. The molecule has 4 aromatic rings. The van der Waals surface area contributed by atoms with Crippen LogP contribution >= 0.6 is 11.3 Å². The van der Waals surface area contributed by atoms with Crippen molar-refractivity contribution in [2.24, 2.45) is 0 Å². The number of ether oxygens (including phenoxy) is 1. The van der Waals surface area contributed by atoms with Crippen LogP contribution in [0.5, 0.6) is 5.75 Å². The number of carbonyl (C=O) groups is 2. The van der Waals surface area contributed by atoms with E-state index in [-0.39, 0.29) is 16.8 Å². The Labute approximate surface area is 181 Å². The van der Waals surface area contributed by atoms with E-state index in [4.69, 9.17) is 4.74 Å². The average Bonchev–Trinajstić information content (AvgIpc) is 3.16. The van der Waals surface area contributed by atoms with Crippen LogP contribution in [0.3, 0.4) is 0 Å². The number of benzene rings is 2. The number of rotatable bonds is 5. The molecule has 9 heteroatoms. The van der Waals surface area contributed by atoms with Gasteiger partial charge in [0.25, 0.3) is 17.4 Å². The standard InChI is InChI=1S/C22H18N4O4S/c1-13-12-31-22-23-11-17(21(29)26(13)22)20(28)25-18-9-4-3-8-16(18)19(27)24-14-6-5-7-15(10-14)30-2/h3-12H,1-2H3,(H,24,27)(H,25,28). The third-order valence-electron chi connectivity index (χ3n) is 4.61. The van der Waals surface area contributed by atoms with Crippen LogP contribution in [0, 0.1) is 6.92 Å². The van der Waals surface area contributed by atoms with Crippen molar-refractivity contribution in [3.8, 4) is 5.75 Å². The number of hydrogen-bond acceptors (Lipinski definition) is 6. The summed E-state index contributed by atoms with van der Waals surface area (Å²) < 4.78 is 6.56. The molecule has 0 saturated heterocycles. The zero-order valence-corrected chi connectivity index (χ0v) is 17.5. The Morgan fingerprint density at radius 1 is 1.03 bits per heavy atom. The van der Waals surface area contributed by atoms with E-state index in [1.165, 1.54) is 29.0 Å². The van der Waals surface area contributed by atoms with Gasteiger partial charge < -0.3 is 15.4 Å². The molecular formula is C22H18N4O4S. The SMILES string of the molecule is COc1cccc(NC(=O)c2ccccc2NC(=O)c2cnc3scc(C)n3c2=O)c1. The van der Waals surface area contributed by atoms with Crippen molar-refractivity contribution in [2.45, 2.75) is 6.92 Å². The molecule has 0 saturated carbocycles. The van der Waals surface area contributed by atoms with Crippen LogP contribution in [0.15, 0.2) is 64.9 Å². The molecule has 156 valence electrons. The second kappa shape index (κ2) is 8.41. The maximum atomic E-state index is 12.8. The maximum absolute atomic E-state index is 12.8. The van der Waals surface area contributed by atoms with Gasteiger partial charge in [-0.3, -0.25) is 18.8 Å². The van der Waals surface area contributed by atoms with Crippen LogP contribution in [0.2, 0.25) is 0 Å². The summed E-state index contributed by atoms with van der Waals surface area (Å²) in [6, 6.07) is 13.5. The minimum atomic E-state index is -0.640. The Balaban J connectivity index is 1.61. The van der Waals surface area contributed by atoms with Crippen molar-refractivity contribution in [1.29, 1.82) is 0 Å². The predicted octanol–water partition coefficient (Wildman–Crippen LogP) is 3.58. The molecule has 0 atom stereocenters. The molecule has 0 radical (unpaired) electrons. The van der Waals surface area contributed by atoms with Gasteiger partial charge in [-0.1, -0.05) is 18.2 Å². The van der Waals surface area contributed by atoms with Gasteiger partial charge in [0.2, 0.25) is 0 Å². The molecule has 8 nitrogen and oxygen atoms in total. The van der Waals surface area contributed by atoms with E-state index in [1.807, 2.05) is 0 Å². The van der Waals surface area contributed by atoms with Gasteiger partial charge in [-0.25, -0.2) is 4.98 Å². The lowest BCUT2D eigenvalue weighted by Gasteiger charge is -2.12. The molecule has 4 rings (SSSR count). The molecule has 0 bridgehead atoms. The quantitative estimate of drug-likeness (QED) is 0.500. The van der Waals surface area contributed by atoms with Crippen LogP contribution in [-0.2, 0) is 0 Å². The van der Waals surface area contributed by atoms with Crippen molar-refractivity contribution in [3.05, 3.63) is 87.3 Å². The summed E-state index contributed by atoms with van der Waals surface area (Å²) in [5.74, 6) is -0.450. The van der Waals surface area contributed by atoms with Crippen molar-refractivity contribution in [1.82, 2.24) is 9.38 Å². The minimum Gasteiger partial charge on any atom is -0.497 e. The monoisotopic (exact) mass is 434 g/mol. The van der Waals surface area contributed by atoms with E-state index in [1.54, 1.807) is 60.8 Å². The molecule has 2 heterocycles. The van der Waals surface area contributed by atoms with Crippen LogP contribution in [0.25, 0.3) is 4.96 Å². The fraction of sp³-hybridized carbons (Fsp3) is 0.0909. The van der Waals surface area contributed by atoms with E-state index in [9.17, 15) is 14.4 Å². The molecule has 0 unspecified atom stereocenters. The zero-order chi connectivity index (χ0) is 22.0. The number of methoxy groups -OCH3 is 1. The van der Waals surface area contributed by atoms with Crippen molar-refractivity contribution in [3.63, 3.8) is 0 Å². The summed E-state index contributed by atoms with van der Waals surface area (Å²) in [6.07, 6.45) is 1.25. The maximum Gasteiger partial charge on any atom is 0.271 e. The number of nitrogens with zero attached hydrogens (tertiary/aromatic N) is 2. The largest absolute Gasteiger partial charge is 0.497 e. The first kappa shape index (κ1) is 20.3. The smallest absolute Gasteiger partial charge is 0.271 e. The van der Waals surface area contributed by atoms with Gasteiger partial charge in [0.1, 0.15) is 11.3 Å². The normalized spacial score (nSPS) is 10.6. The Hall–Kier alpha value is -3.98. The highest BCUT2D eigenvalue weighted by molar-refractivity contribution is 7.15. The molecule has 31 heavy (non-hydrogen) atoms. The zero-order valence-electron chi connectivity index (χ0n) is 16.7. The number of fused-ring (bicyclic) bond motifs is 1. The number of para-hydroxylation sites is 1. The number of aromatic nitrogens is 2. The molecule has 0 aliphatic rings. The molecule has 2 amide bonds. The number of anilines is 2. The highest BCUT2D eigenvalue weighted by atomic mass is 32.1. The Morgan fingerprint density at radius 2 is 1.81 bits per heavy atom. The molecule has 0 fully saturated rings. The van der Waals surface area contributed by atoms with Crippen LogP contribution < -0.4 is 20.9 Å². The van der Waals surface area contributed by atoms with Gasteiger partial charge in [0, 0.05) is 29.0 Å². The van der Waals surface area contributed by atoms with E-state index >= 15 is 0 Å². The first-order valence-corrected chi connectivity index (χ1v) is 10.2. The highest BCUT2D eigenvalue weighted by Crippen LogP contribution is 2.21. The number of hydrogen-bond donors (Lipinski definition) is 2. The van der Waals surface area contributed by atoms with Crippen molar-refractivity contribution >= 4 is 39.5 Å². The van der Waals surface area contributed by atoms with E-state index in [2.05, 4.69) is 15.6 Å². The minimum absolute atomic E-state index is 0.109. The number of nitrogens with one attached hydrogen (secondary N) is 2. The lowest BCUT2D eigenvalue weighted by atomic mass is 10.1. The fourth-order valence-electron chi connectivity index (χ4n) is 3.06.